The SMILES string of the molecule is Cc1ccc(C(C)NC(=O)C2CCCN(c3ccnc(-c4ccccc4)n3)C2)cc1. The summed E-state index contributed by atoms with van der Waals surface area (Å²) in [5.74, 6) is 1.67. The van der Waals surface area contributed by atoms with Gasteiger partial charge in [-0.25, -0.2) is 9.97 Å². The largest absolute Gasteiger partial charge is 0.356 e. The van der Waals surface area contributed by atoms with E-state index in [-0.39, 0.29) is 17.9 Å². The van der Waals surface area contributed by atoms with E-state index >= 15 is 0 Å². The second-order valence-corrected chi connectivity index (χ2v) is 8.03. The Kier molecular flexibility index (Phi) is 6.07. The Bertz CT molecular complexity index is 988. The minimum Gasteiger partial charge on any atom is -0.356 e. The number of carbonyl (C=O) groups excluding carboxylic acids is 1. The van der Waals surface area contributed by atoms with Crippen molar-refractivity contribution in [1.82, 2.24) is 15.3 Å². The number of hydrogen-bond acceptors (Lipinski definition) is 4. The number of carbonyl (C=O) groups is 1. The zero-order valence-electron chi connectivity index (χ0n) is 17.6. The second kappa shape index (κ2) is 9.08. The highest BCUT2D eigenvalue weighted by Crippen LogP contribution is 2.24. The van der Waals surface area contributed by atoms with Crippen LogP contribution in [0.2, 0.25) is 0 Å². The van der Waals surface area contributed by atoms with E-state index in [1.807, 2.05) is 43.3 Å². The molecule has 2 aromatic carbocycles. The van der Waals surface area contributed by atoms with E-state index in [0.717, 1.165) is 36.3 Å². The highest BCUT2D eigenvalue weighted by atomic mass is 16.2. The lowest BCUT2D eigenvalue weighted by Gasteiger charge is -2.33. The molecule has 0 spiro atoms. The van der Waals surface area contributed by atoms with Crippen molar-refractivity contribution in [2.45, 2.75) is 32.7 Å². The van der Waals surface area contributed by atoms with Crippen LogP contribution in [0, 0.1) is 12.8 Å². The number of amides is 1. The van der Waals surface area contributed by atoms with Gasteiger partial charge in [-0.15, -0.1) is 0 Å². The zero-order valence-corrected chi connectivity index (χ0v) is 17.6. The minimum absolute atomic E-state index is 0.00258. The molecule has 0 radical (unpaired) electrons. The van der Waals surface area contributed by atoms with Crippen molar-refractivity contribution in [1.29, 1.82) is 0 Å². The number of nitrogens with one attached hydrogen (secondary N) is 1. The molecule has 3 aromatic rings. The van der Waals surface area contributed by atoms with Gasteiger partial charge in [0.2, 0.25) is 5.91 Å². The van der Waals surface area contributed by atoms with Gasteiger partial charge in [-0.05, 0) is 38.3 Å². The first-order chi connectivity index (χ1) is 14.6. The summed E-state index contributed by atoms with van der Waals surface area (Å²) in [4.78, 5) is 24.3. The van der Waals surface area contributed by atoms with Gasteiger partial charge in [-0.1, -0.05) is 60.2 Å². The number of aryl methyl sites for hydroxylation is 1. The zero-order chi connectivity index (χ0) is 20.9. The molecular weight excluding hydrogens is 372 g/mol. The molecule has 1 fully saturated rings. The lowest BCUT2D eigenvalue weighted by Crippen LogP contribution is -2.44. The maximum absolute atomic E-state index is 12.9. The van der Waals surface area contributed by atoms with Crippen LogP contribution in [0.5, 0.6) is 0 Å². The van der Waals surface area contributed by atoms with E-state index < -0.39 is 0 Å². The Morgan fingerprint density at radius 3 is 2.63 bits per heavy atom. The van der Waals surface area contributed by atoms with Gasteiger partial charge in [0.15, 0.2) is 5.82 Å². The summed E-state index contributed by atoms with van der Waals surface area (Å²) in [5.41, 5.74) is 3.35. The highest BCUT2D eigenvalue weighted by Gasteiger charge is 2.27. The molecule has 4 rings (SSSR count). The molecule has 0 aliphatic carbocycles. The van der Waals surface area contributed by atoms with Gasteiger partial charge in [0.25, 0.3) is 0 Å². The van der Waals surface area contributed by atoms with E-state index in [2.05, 4.69) is 46.4 Å². The Morgan fingerprint density at radius 2 is 1.87 bits per heavy atom. The molecule has 1 aromatic heterocycles. The molecule has 1 N–H and O–H groups in total. The van der Waals surface area contributed by atoms with Crippen molar-refractivity contribution < 1.29 is 4.79 Å². The summed E-state index contributed by atoms with van der Waals surface area (Å²) in [5, 5.41) is 3.20. The predicted molar refractivity (Wildman–Crippen MR) is 120 cm³/mol. The lowest BCUT2D eigenvalue weighted by molar-refractivity contribution is -0.125. The summed E-state index contributed by atoms with van der Waals surface area (Å²) >= 11 is 0. The average molecular weight is 401 g/mol. The molecule has 0 saturated carbocycles. The molecule has 2 heterocycles. The number of benzene rings is 2. The fourth-order valence-electron chi connectivity index (χ4n) is 3.92. The lowest BCUT2D eigenvalue weighted by atomic mass is 9.96. The van der Waals surface area contributed by atoms with E-state index in [0.29, 0.717) is 12.4 Å². The Labute approximate surface area is 178 Å². The quantitative estimate of drug-likeness (QED) is 0.683. The van der Waals surface area contributed by atoms with Crippen molar-refractivity contribution in [2.75, 3.05) is 18.0 Å². The highest BCUT2D eigenvalue weighted by molar-refractivity contribution is 5.80. The molecule has 1 saturated heterocycles. The van der Waals surface area contributed by atoms with Crippen LogP contribution in [0.15, 0.2) is 66.9 Å². The van der Waals surface area contributed by atoms with Gasteiger partial charge in [-0.3, -0.25) is 4.79 Å². The summed E-state index contributed by atoms with van der Waals surface area (Å²) in [6.07, 6.45) is 3.68. The summed E-state index contributed by atoms with van der Waals surface area (Å²) < 4.78 is 0. The first-order valence-electron chi connectivity index (χ1n) is 10.6. The fraction of sp³-hybridized carbons (Fsp3) is 0.320. The molecule has 0 bridgehead atoms. The van der Waals surface area contributed by atoms with Gasteiger partial charge in [-0.2, -0.15) is 0 Å². The Morgan fingerprint density at radius 1 is 1.10 bits per heavy atom. The summed E-state index contributed by atoms with van der Waals surface area (Å²) in [6, 6.07) is 20.2. The minimum atomic E-state index is -0.0400. The van der Waals surface area contributed by atoms with Crippen molar-refractivity contribution in [3.63, 3.8) is 0 Å². The second-order valence-electron chi connectivity index (χ2n) is 8.03. The molecule has 1 aliphatic rings. The van der Waals surface area contributed by atoms with Gasteiger partial charge in [0.1, 0.15) is 5.82 Å². The summed E-state index contributed by atoms with van der Waals surface area (Å²) in [7, 11) is 0. The van der Waals surface area contributed by atoms with Crippen molar-refractivity contribution in [3.05, 3.63) is 78.0 Å². The van der Waals surface area contributed by atoms with Crippen LogP contribution in [-0.2, 0) is 4.79 Å². The number of hydrogen-bond donors (Lipinski definition) is 1. The van der Waals surface area contributed by atoms with E-state index in [4.69, 9.17) is 4.98 Å². The van der Waals surface area contributed by atoms with Crippen LogP contribution >= 0.6 is 0 Å². The average Bonchev–Trinajstić information content (AvgIpc) is 2.80. The van der Waals surface area contributed by atoms with Crippen LogP contribution in [0.25, 0.3) is 11.4 Å². The van der Waals surface area contributed by atoms with Crippen LogP contribution in [0.1, 0.15) is 36.9 Å². The monoisotopic (exact) mass is 400 g/mol. The summed E-state index contributed by atoms with van der Waals surface area (Å²) in [6.45, 7) is 5.69. The van der Waals surface area contributed by atoms with Crippen LogP contribution in [0.3, 0.4) is 0 Å². The molecule has 2 unspecified atom stereocenters. The van der Waals surface area contributed by atoms with E-state index in [1.54, 1.807) is 6.20 Å². The van der Waals surface area contributed by atoms with E-state index in [9.17, 15) is 4.79 Å². The van der Waals surface area contributed by atoms with Crippen molar-refractivity contribution >= 4 is 11.7 Å². The predicted octanol–water partition coefficient (Wildman–Crippen LogP) is 4.55. The molecule has 5 nitrogen and oxygen atoms in total. The topological polar surface area (TPSA) is 58.1 Å². The van der Waals surface area contributed by atoms with Crippen molar-refractivity contribution in [3.8, 4) is 11.4 Å². The number of piperidine rings is 1. The molecule has 2 atom stereocenters. The molecule has 30 heavy (non-hydrogen) atoms. The molecular formula is C25H28N4O. The molecule has 154 valence electrons. The third-order valence-corrected chi connectivity index (χ3v) is 5.73. The molecule has 1 amide bonds. The maximum Gasteiger partial charge on any atom is 0.225 e. The number of anilines is 1. The first kappa shape index (κ1) is 20.1. The smallest absolute Gasteiger partial charge is 0.225 e. The number of nitrogens with zero attached hydrogens (tertiary/aromatic N) is 3. The maximum atomic E-state index is 12.9. The number of rotatable bonds is 5. The molecule has 1 aliphatic heterocycles. The van der Waals surface area contributed by atoms with Gasteiger partial charge in [0, 0.05) is 24.8 Å². The van der Waals surface area contributed by atoms with Crippen molar-refractivity contribution in [2.24, 2.45) is 5.92 Å². The third-order valence-electron chi connectivity index (χ3n) is 5.73. The Balaban J connectivity index is 1.43. The van der Waals surface area contributed by atoms with Gasteiger partial charge < -0.3 is 10.2 Å². The fourth-order valence-corrected chi connectivity index (χ4v) is 3.92. The first-order valence-corrected chi connectivity index (χ1v) is 10.6. The van der Waals surface area contributed by atoms with Crippen LogP contribution in [-0.4, -0.2) is 29.0 Å². The van der Waals surface area contributed by atoms with Gasteiger partial charge >= 0.3 is 0 Å². The van der Waals surface area contributed by atoms with Crippen LogP contribution < -0.4 is 10.2 Å². The number of aromatic nitrogens is 2. The third kappa shape index (κ3) is 4.67. The standard InChI is InChI=1S/C25H28N4O/c1-18-10-12-20(13-11-18)19(2)27-25(30)22-9-6-16-29(17-22)23-14-15-26-24(28-23)21-7-4-3-5-8-21/h3-5,7-8,10-15,19,22H,6,9,16-17H2,1-2H3,(H,27,30). The molecule has 5 heteroatoms. The van der Waals surface area contributed by atoms with Gasteiger partial charge in [0.05, 0.1) is 12.0 Å². The van der Waals surface area contributed by atoms with E-state index in [1.165, 1.54) is 5.56 Å². The Hall–Kier alpha value is -3.21. The normalized spacial score (nSPS) is 17.4. The van der Waals surface area contributed by atoms with Crippen LogP contribution in [0.4, 0.5) is 5.82 Å².